The SMILES string of the molecule is O=[N+]([O-])c1ccc(CN2CCSCCSCCSCC2)cc1. The number of nitro groups is 1. The van der Waals surface area contributed by atoms with Gasteiger partial charge in [0.05, 0.1) is 4.92 Å². The number of hydrogen-bond acceptors (Lipinski definition) is 6. The molecule has 7 heteroatoms. The molecular formula is C15H22N2O2S3. The van der Waals surface area contributed by atoms with E-state index in [0.717, 1.165) is 36.7 Å². The van der Waals surface area contributed by atoms with Crippen LogP contribution in [0.25, 0.3) is 0 Å². The standard InChI is InChI=1S/C15H22N2O2S3/c18-17(19)15-3-1-14(2-4-15)13-16-5-7-20-9-11-22-12-10-21-8-6-16/h1-4H,5-13H2. The molecule has 2 rings (SSSR count). The fourth-order valence-corrected chi connectivity index (χ4v) is 5.45. The second-order valence-electron chi connectivity index (χ2n) is 5.04. The Bertz CT molecular complexity index is 445. The van der Waals surface area contributed by atoms with Crippen molar-refractivity contribution in [2.75, 3.05) is 47.6 Å². The lowest BCUT2D eigenvalue weighted by atomic mass is 10.2. The molecule has 0 unspecified atom stereocenters. The first-order chi connectivity index (χ1) is 10.8. The van der Waals surface area contributed by atoms with E-state index in [4.69, 9.17) is 0 Å². The molecule has 0 aliphatic carbocycles. The van der Waals surface area contributed by atoms with Crippen LogP contribution >= 0.6 is 35.3 Å². The Balaban J connectivity index is 1.87. The molecule has 0 N–H and O–H groups in total. The summed E-state index contributed by atoms with van der Waals surface area (Å²) < 4.78 is 0. The first-order valence-corrected chi connectivity index (χ1v) is 10.9. The van der Waals surface area contributed by atoms with Gasteiger partial charge in [-0.3, -0.25) is 15.0 Å². The lowest BCUT2D eigenvalue weighted by molar-refractivity contribution is -0.384. The molecule has 4 nitrogen and oxygen atoms in total. The smallest absolute Gasteiger partial charge is 0.269 e. The maximum absolute atomic E-state index is 10.7. The van der Waals surface area contributed by atoms with Crippen LogP contribution in [0, 0.1) is 10.1 Å². The zero-order chi connectivity index (χ0) is 15.6. The van der Waals surface area contributed by atoms with E-state index in [1.165, 1.54) is 23.0 Å². The molecule has 1 heterocycles. The lowest BCUT2D eigenvalue weighted by Gasteiger charge is -2.22. The van der Waals surface area contributed by atoms with Crippen molar-refractivity contribution >= 4 is 41.0 Å². The van der Waals surface area contributed by atoms with Gasteiger partial charge in [-0.2, -0.15) is 35.3 Å². The molecule has 122 valence electrons. The molecule has 1 aromatic rings. The second-order valence-corrected chi connectivity index (χ2v) is 8.71. The van der Waals surface area contributed by atoms with Crippen LogP contribution in [0.15, 0.2) is 24.3 Å². The fraction of sp³-hybridized carbons (Fsp3) is 0.600. The summed E-state index contributed by atoms with van der Waals surface area (Å²) in [6, 6.07) is 6.97. The molecule has 1 aliphatic rings. The van der Waals surface area contributed by atoms with Crippen molar-refractivity contribution in [3.8, 4) is 0 Å². The molecule has 0 bridgehead atoms. The molecule has 0 radical (unpaired) electrons. The Morgan fingerprint density at radius 3 is 1.91 bits per heavy atom. The van der Waals surface area contributed by atoms with E-state index in [1.54, 1.807) is 12.1 Å². The minimum atomic E-state index is -0.342. The van der Waals surface area contributed by atoms with E-state index in [0.29, 0.717) is 0 Å². The molecule has 0 atom stereocenters. The lowest BCUT2D eigenvalue weighted by Crippen LogP contribution is -2.28. The van der Waals surface area contributed by atoms with Crippen molar-refractivity contribution in [2.24, 2.45) is 0 Å². The van der Waals surface area contributed by atoms with Crippen molar-refractivity contribution in [2.45, 2.75) is 6.54 Å². The molecule has 22 heavy (non-hydrogen) atoms. The zero-order valence-corrected chi connectivity index (χ0v) is 15.1. The molecular weight excluding hydrogens is 336 g/mol. The average molecular weight is 359 g/mol. The van der Waals surface area contributed by atoms with Gasteiger partial charge in [0.1, 0.15) is 0 Å². The second kappa shape index (κ2) is 10.4. The molecule has 1 fully saturated rings. The third kappa shape index (κ3) is 6.81. The summed E-state index contributed by atoms with van der Waals surface area (Å²) in [5.41, 5.74) is 1.32. The van der Waals surface area contributed by atoms with E-state index < -0.39 is 0 Å². The molecule has 0 spiro atoms. The maximum Gasteiger partial charge on any atom is 0.269 e. The van der Waals surface area contributed by atoms with Crippen LogP contribution in [-0.4, -0.2) is 57.4 Å². The summed E-state index contributed by atoms with van der Waals surface area (Å²) in [5.74, 6) is 7.32. The van der Waals surface area contributed by atoms with E-state index in [2.05, 4.69) is 16.7 Å². The van der Waals surface area contributed by atoms with Crippen LogP contribution in [0.1, 0.15) is 5.56 Å². The minimum absolute atomic E-state index is 0.168. The van der Waals surface area contributed by atoms with E-state index in [9.17, 15) is 10.1 Å². The highest BCUT2D eigenvalue weighted by Gasteiger charge is 2.09. The summed E-state index contributed by atoms with van der Waals surface area (Å²) in [7, 11) is 0. The van der Waals surface area contributed by atoms with Gasteiger partial charge in [0.2, 0.25) is 0 Å². The van der Waals surface area contributed by atoms with Gasteiger partial charge in [0.15, 0.2) is 0 Å². The Kier molecular flexibility index (Phi) is 8.51. The van der Waals surface area contributed by atoms with E-state index in [1.807, 2.05) is 35.7 Å². The third-order valence-electron chi connectivity index (χ3n) is 3.40. The van der Waals surface area contributed by atoms with Crippen LogP contribution in [0.3, 0.4) is 0 Å². The first-order valence-electron chi connectivity index (χ1n) is 7.44. The summed E-state index contributed by atoms with van der Waals surface area (Å²) in [5, 5.41) is 10.7. The highest BCUT2D eigenvalue weighted by molar-refractivity contribution is 8.04. The Hall–Kier alpha value is -0.370. The first kappa shape index (κ1) is 18.0. The summed E-state index contributed by atoms with van der Waals surface area (Å²) in [4.78, 5) is 12.8. The Labute approximate surface area is 144 Å². The predicted octanol–water partition coefficient (Wildman–Crippen LogP) is 3.61. The van der Waals surface area contributed by atoms with Gasteiger partial charge >= 0.3 is 0 Å². The van der Waals surface area contributed by atoms with Gasteiger partial charge in [-0.1, -0.05) is 12.1 Å². The third-order valence-corrected chi connectivity index (χ3v) is 6.83. The maximum atomic E-state index is 10.7. The predicted molar refractivity (Wildman–Crippen MR) is 100 cm³/mol. The zero-order valence-electron chi connectivity index (χ0n) is 12.6. The van der Waals surface area contributed by atoms with Crippen LogP contribution in [-0.2, 0) is 6.54 Å². The van der Waals surface area contributed by atoms with Gasteiger partial charge in [0.25, 0.3) is 5.69 Å². The van der Waals surface area contributed by atoms with Crippen molar-refractivity contribution in [1.82, 2.24) is 4.90 Å². The largest absolute Gasteiger partial charge is 0.297 e. The number of hydrogen-bond donors (Lipinski definition) is 0. The summed E-state index contributed by atoms with van der Waals surface area (Å²) >= 11 is 6.12. The number of nitro benzene ring substituents is 1. The van der Waals surface area contributed by atoms with Crippen LogP contribution in [0.5, 0.6) is 0 Å². The van der Waals surface area contributed by atoms with E-state index >= 15 is 0 Å². The number of rotatable bonds is 3. The van der Waals surface area contributed by atoms with Gasteiger partial charge in [-0.25, -0.2) is 0 Å². The van der Waals surface area contributed by atoms with Gasteiger partial charge in [-0.05, 0) is 5.56 Å². The summed E-state index contributed by atoms with van der Waals surface area (Å²) in [6.45, 7) is 3.06. The van der Waals surface area contributed by atoms with Crippen molar-refractivity contribution < 1.29 is 4.92 Å². The van der Waals surface area contributed by atoms with Gasteiger partial charge < -0.3 is 0 Å². The number of nitrogens with zero attached hydrogens (tertiary/aromatic N) is 2. The molecule has 0 saturated carbocycles. The number of benzene rings is 1. The van der Waals surface area contributed by atoms with Crippen LogP contribution in [0.4, 0.5) is 5.69 Å². The van der Waals surface area contributed by atoms with Crippen molar-refractivity contribution in [1.29, 1.82) is 0 Å². The highest BCUT2D eigenvalue weighted by atomic mass is 32.2. The number of non-ortho nitro benzene ring substituents is 1. The molecule has 0 aromatic heterocycles. The average Bonchev–Trinajstić information content (AvgIpc) is 2.50. The highest BCUT2D eigenvalue weighted by Crippen LogP contribution is 2.16. The van der Waals surface area contributed by atoms with Crippen LogP contribution in [0.2, 0.25) is 0 Å². The Morgan fingerprint density at radius 2 is 1.41 bits per heavy atom. The number of thioether (sulfide) groups is 3. The topological polar surface area (TPSA) is 46.4 Å². The van der Waals surface area contributed by atoms with Gasteiger partial charge in [0, 0.05) is 66.3 Å². The van der Waals surface area contributed by atoms with Crippen molar-refractivity contribution in [3.63, 3.8) is 0 Å². The monoisotopic (exact) mass is 358 g/mol. The van der Waals surface area contributed by atoms with Gasteiger partial charge in [-0.15, -0.1) is 0 Å². The van der Waals surface area contributed by atoms with E-state index in [-0.39, 0.29) is 10.6 Å². The van der Waals surface area contributed by atoms with Crippen molar-refractivity contribution in [3.05, 3.63) is 39.9 Å². The normalized spacial score (nSPS) is 19.1. The molecule has 1 aliphatic heterocycles. The van der Waals surface area contributed by atoms with Crippen LogP contribution < -0.4 is 0 Å². The summed E-state index contributed by atoms with van der Waals surface area (Å²) in [6.07, 6.45) is 0. The molecule has 0 amide bonds. The fourth-order valence-electron chi connectivity index (χ4n) is 2.18. The minimum Gasteiger partial charge on any atom is -0.297 e. The Morgan fingerprint density at radius 1 is 0.909 bits per heavy atom. The molecule has 1 aromatic carbocycles. The quantitative estimate of drug-likeness (QED) is 0.608. The molecule has 1 saturated heterocycles.